The molecular weight excluding hydrogens is 384 g/mol. The molecule has 152 valence electrons. The third-order valence-electron chi connectivity index (χ3n) is 4.90. The average molecular weight is 411 g/mol. The number of carbonyl (C=O) groups is 1. The predicted molar refractivity (Wildman–Crippen MR) is 117 cm³/mol. The summed E-state index contributed by atoms with van der Waals surface area (Å²) in [4.78, 5) is 12.8. The molecule has 1 aromatic carbocycles. The van der Waals surface area contributed by atoms with Gasteiger partial charge in [0.25, 0.3) is 0 Å². The third-order valence-corrected chi connectivity index (χ3v) is 5.87. The molecule has 0 saturated heterocycles. The Kier molecular flexibility index (Phi) is 6.59. The predicted octanol–water partition coefficient (Wildman–Crippen LogP) is 4.55. The lowest BCUT2D eigenvalue weighted by Gasteiger charge is -2.10. The van der Waals surface area contributed by atoms with Gasteiger partial charge in [-0.05, 0) is 39.0 Å². The summed E-state index contributed by atoms with van der Waals surface area (Å²) in [5.74, 6) is 1.88. The van der Waals surface area contributed by atoms with Crippen LogP contribution in [0.2, 0.25) is 0 Å². The monoisotopic (exact) mass is 410 g/mol. The van der Waals surface area contributed by atoms with E-state index in [2.05, 4.69) is 21.3 Å². The molecule has 0 N–H and O–H groups in total. The standard InChI is InChI=1S/C22H26N4O2S/c1-6-12-26-15(3)13-18(16(26)4)19(27)14-29-22-24-23-21(25(22)7-2)17-10-8-9-11-20(17)28-5/h6,8-11,13H,1,7,12,14H2,2-5H3. The SMILES string of the molecule is C=CCn1c(C)cc(C(=O)CSc2nnc(-c3ccccc3OC)n2CC)c1C. The van der Waals surface area contributed by atoms with Crippen molar-refractivity contribution >= 4 is 17.5 Å². The quantitative estimate of drug-likeness (QED) is 0.294. The largest absolute Gasteiger partial charge is 0.496 e. The van der Waals surface area contributed by atoms with Gasteiger partial charge in [-0.25, -0.2) is 0 Å². The van der Waals surface area contributed by atoms with E-state index in [9.17, 15) is 4.79 Å². The third kappa shape index (κ3) is 4.15. The van der Waals surface area contributed by atoms with Crippen molar-refractivity contribution in [1.82, 2.24) is 19.3 Å². The van der Waals surface area contributed by atoms with Crippen molar-refractivity contribution < 1.29 is 9.53 Å². The number of hydrogen-bond acceptors (Lipinski definition) is 5. The summed E-state index contributed by atoms with van der Waals surface area (Å²) in [7, 11) is 1.64. The van der Waals surface area contributed by atoms with E-state index < -0.39 is 0 Å². The number of hydrogen-bond donors (Lipinski definition) is 0. The molecule has 2 heterocycles. The highest BCUT2D eigenvalue weighted by Crippen LogP contribution is 2.31. The van der Waals surface area contributed by atoms with Gasteiger partial charge in [0.15, 0.2) is 16.8 Å². The highest BCUT2D eigenvalue weighted by atomic mass is 32.2. The Bertz CT molecular complexity index is 1040. The van der Waals surface area contributed by atoms with Crippen molar-refractivity contribution in [2.24, 2.45) is 0 Å². The van der Waals surface area contributed by atoms with Crippen molar-refractivity contribution in [3.8, 4) is 17.1 Å². The minimum atomic E-state index is 0.0860. The minimum absolute atomic E-state index is 0.0860. The van der Waals surface area contributed by atoms with Crippen LogP contribution in [0.3, 0.4) is 0 Å². The van der Waals surface area contributed by atoms with Gasteiger partial charge in [0.1, 0.15) is 5.75 Å². The Balaban J connectivity index is 1.82. The van der Waals surface area contributed by atoms with Gasteiger partial charge in [0, 0.05) is 30.0 Å². The van der Waals surface area contributed by atoms with Crippen molar-refractivity contribution in [2.45, 2.75) is 39.0 Å². The smallest absolute Gasteiger partial charge is 0.191 e. The van der Waals surface area contributed by atoms with Crippen LogP contribution in [0.4, 0.5) is 0 Å². The first-order chi connectivity index (χ1) is 14.0. The van der Waals surface area contributed by atoms with Crippen molar-refractivity contribution in [3.63, 3.8) is 0 Å². The lowest BCUT2D eigenvalue weighted by Crippen LogP contribution is -2.07. The van der Waals surface area contributed by atoms with E-state index in [4.69, 9.17) is 4.74 Å². The summed E-state index contributed by atoms with van der Waals surface area (Å²) >= 11 is 1.41. The van der Waals surface area contributed by atoms with Gasteiger partial charge < -0.3 is 13.9 Å². The fraction of sp³-hybridized carbons (Fsp3) is 0.318. The molecule has 0 amide bonds. The molecule has 0 radical (unpaired) electrons. The number of nitrogens with zero attached hydrogens (tertiary/aromatic N) is 4. The van der Waals surface area contributed by atoms with Gasteiger partial charge in [-0.2, -0.15) is 0 Å². The molecule has 0 bridgehead atoms. The zero-order valence-corrected chi connectivity index (χ0v) is 18.1. The molecule has 6 nitrogen and oxygen atoms in total. The summed E-state index contributed by atoms with van der Waals surface area (Å²) < 4.78 is 9.57. The molecule has 0 aliphatic carbocycles. The lowest BCUT2D eigenvalue weighted by molar-refractivity contribution is 0.102. The maximum atomic E-state index is 12.8. The minimum Gasteiger partial charge on any atom is -0.496 e. The van der Waals surface area contributed by atoms with Gasteiger partial charge in [0.2, 0.25) is 0 Å². The van der Waals surface area contributed by atoms with Crippen molar-refractivity contribution in [1.29, 1.82) is 0 Å². The van der Waals surface area contributed by atoms with Gasteiger partial charge >= 0.3 is 0 Å². The number of carbonyl (C=O) groups excluding carboxylic acids is 1. The lowest BCUT2D eigenvalue weighted by atomic mass is 10.2. The van der Waals surface area contributed by atoms with E-state index in [1.54, 1.807) is 7.11 Å². The van der Waals surface area contributed by atoms with Crippen LogP contribution in [-0.4, -0.2) is 38.0 Å². The number of aryl methyl sites for hydroxylation is 1. The summed E-state index contributed by atoms with van der Waals surface area (Å²) in [6.45, 7) is 11.2. The Morgan fingerprint density at radius 1 is 1.24 bits per heavy atom. The fourth-order valence-corrected chi connectivity index (χ4v) is 4.30. The number of benzene rings is 1. The van der Waals surface area contributed by atoms with Crippen LogP contribution < -0.4 is 4.74 Å². The number of para-hydroxylation sites is 1. The first-order valence-electron chi connectivity index (χ1n) is 9.52. The van der Waals surface area contributed by atoms with Crippen molar-refractivity contribution in [3.05, 3.63) is 59.9 Å². The maximum absolute atomic E-state index is 12.8. The highest BCUT2D eigenvalue weighted by Gasteiger charge is 2.19. The van der Waals surface area contributed by atoms with Crippen LogP contribution in [0.15, 0.2) is 48.1 Å². The molecule has 0 atom stereocenters. The second-order valence-corrected chi connectivity index (χ2v) is 7.59. The van der Waals surface area contributed by atoms with Crippen LogP contribution >= 0.6 is 11.8 Å². The van der Waals surface area contributed by atoms with E-state index in [1.165, 1.54) is 11.8 Å². The zero-order chi connectivity index (χ0) is 21.0. The Labute approximate surface area is 175 Å². The second-order valence-electron chi connectivity index (χ2n) is 6.65. The first-order valence-corrected chi connectivity index (χ1v) is 10.5. The summed E-state index contributed by atoms with van der Waals surface area (Å²) in [6, 6.07) is 9.68. The van der Waals surface area contributed by atoms with E-state index in [-0.39, 0.29) is 5.78 Å². The van der Waals surface area contributed by atoms with E-state index in [0.29, 0.717) is 18.8 Å². The molecule has 2 aromatic heterocycles. The van der Waals surface area contributed by atoms with E-state index in [1.807, 2.05) is 61.7 Å². The van der Waals surface area contributed by atoms with Crippen LogP contribution in [-0.2, 0) is 13.1 Å². The van der Waals surface area contributed by atoms with E-state index in [0.717, 1.165) is 39.2 Å². The molecule has 0 aliphatic heterocycles. The van der Waals surface area contributed by atoms with Crippen LogP contribution in [0.5, 0.6) is 5.75 Å². The number of rotatable bonds is 9. The van der Waals surface area contributed by atoms with Gasteiger partial charge in [-0.3, -0.25) is 4.79 Å². The molecule has 7 heteroatoms. The molecule has 29 heavy (non-hydrogen) atoms. The highest BCUT2D eigenvalue weighted by molar-refractivity contribution is 7.99. The van der Waals surface area contributed by atoms with Gasteiger partial charge in [-0.1, -0.05) is 30.0 Å². The number of Topliss-reactive ketones (excluding diaryl/α,β-unsaturated/α-hetero) is 1. The molecule has 3 rings (SSSR count). The topological polar surface area (TPSA) is 61.9 Å². The number of methoxy groups -OCH3 is 1. The Morgan fingerprint density at radius 2 is 2.00 bits per heavy atom. The van der Waals surface area contributed by atoms with Crippen LogP contribution in [0.25, 0.3) is 11.4 Å². The van der Waals surface area contributed by atoms with Crippen LogP contribution in [0.1, 0.15) is 28.7 Å². The molecule has 0 spiro atoms. The molecule has 0 aliphatic rings. The average Bonchev–Trinajstić information content (AvgIpc) is 3.27. The molecular formula is C22H26N4O2S. The summed E-state index contributed by atoms with van der Waals surface area (Å²) in [5.41, 5.74) is 3.67. The number of ketones is 1. The number of thioether (sulfide) groups is 1. The fourth-order valence-electron chi connectivity index (χ4n) is 3.41. The summed E-state index contributed by atoms with van der Waals surface area (Å²) in [5, 5.41) is 9.41. The zero-order valence-electron chi connectivity index (χ0n) is 17.3. The molecule has 3 aromatic rings. The molecule has 0 unspecified atom stereocenters. The molecule has 0 saturated carbocycles. The Hall–Kier alpha value is -2.80. The first kappa shape index (κ1) is 20.9. The number of aromatic nitrogens is 4. The normalized spacial score (nSPS) is 10.9. The summed E-state index contributed by atoms with van der Waals surface area (Å²) in [6.07, 6.45) is 1.84. The van der Waals surface area contributed by atoms with Gasteiger partial charge in [-0.15, -0.1) is 16.8 Å². The van der Waals surface area contributed by atoms with Crippen molar-refractivity contribution in [2.75, 3.05) is 12.9 Å². The van der Waals surface area contributed by atoms with Gasteiger partial charge in [0.05, 0.1) is 18.4 Å². The molecule has 0 fully saturated rings. The second kappa shape index (κ2) is 9.13. The number of ether oxygens (including phenoxy) is 1. The van der Waals surface area contributed by atoms with E-state index >= 15 is 0 Å². The Morgan fingerprint density at radius 3 is 2.69 bits per heavy atom. The number of allylic oxidation sites excluding steroid dienone is 1. The van der Waals surface area contributed by atoms with Crippen LogP contribution in [0, 0.1) is 13.8 Å². The maximum Gasteiger partial charge on any atom is 0.191 e.